The third-order valence-electron chi connectivity index (χ3n) is 4.60. The van der Waals surface area contributed by atoms with Gasteiger partial charge < -0.3 is 5.11 Å². The van der Waals surface area contributed by atoms with Gasteiger partial charge in [-0.3, -0.25) is 0 Å². The number of hydrogen-bond acceptors (Lipinski definition) is 2. The molecule has 26 heavy (non-hydrogen) atoms. The lowest BCUT2D eigenvalue weighted by atomic mass is 9.95. The lowest BCUT2D eigenvalue weighted by Crippen LogP contribution is -2.07. The quantitative estimate of drug-likeness (QED) is 0.470. The Morgan fingerprint density at radius 2 is 1.69 bits per heavy atom. The molecule has 0 saturated heterocycles. The van der Waals surface area contributed by atoms with E-state index in [9.17, 15) is 9.90 Å². The van der Waals surface area contributed by atoms with E-state index in [0.29, 0.717) is 48.7 Å². The molecule has 0 unspecified atom stereocenters. The zero-order chi connectivity index (χ0) is 18.6. The van der Waals surface area contributed by atoms with Crippen molar-refractivity contribution in [3.05, 3.63) is 61.0 Å². The summed E-state index contributed by atoms with van der Waals surface area (Å²) in [5, 5.41) is 11.9. The number of aromatic nitrogens is 1. The molecule has 0 fully saturated rings. The predicted octanol–water partition coefficient (Wildman–Crippen LogP) is 6.70. The van der Waals surface area contributed by atoms with Crippen molar-refractivity contribution in [1.82, 2.24) is 4.98 Å². The Morgan fingerprint density at radius 3 is 2.42 bits per heavy atom. The second-order valence-electron chi connectivity index (χ2n) is 6.18. The molecular formula is C19H11Cl4NO2. The Morgan fingerprint density at radius 1 is 0.962 bits per heavy atom. The Balaban J connectivity index is 2.17. The van der Waals surface area contributed by atoms with Gasteiger partial charge in [-0.05, 0) is 54.7 Å². The molecule has 0 bridgehead atoms. The van der Waals surface area contributed by atoms with Gasteiger partial charge >= 0.3 is 5.97 Å². The number of carboxylic acid groups (broad SMARTS) is 1. The number of aromatic carboxylic acids is 1. The van der Waals surface area contributed by atoms with Gasteiger partial charge in [0.2, 0.25) is 0 Å². The van der Waals surface area contributed by atoms with Gasteiger partial charge in [0, 0.05) is 16.0 Å². The number of carboxylic acids is 1. The standard InChI is InChI=1S/C19H11Cl4NO2/c20-9-5-12-16(19(25)26)10-3-1-2-8-4-13(21)14(22)7-11(8)17(10)24-18(12)15(23)6-9/h4-7H,1-3H2,(H,25,26). The molecular weight excluding hydrogens is 416 g/mol. The maximum Gasteiger partial charge on any atom is 0.336 e. The van der Waals surface area contributed by atoms with Gasteiger partial charge in [-0.25, -0.2) is 9.78 Å². The predicted molar refractivity (Wildman–Crippen MR) is 106 cm³/mol. The molecule has 3 aromatic rings. The smallest absolute Gasteiger partial charge is 0.336 e. The van der Waals surface area contributed by atoms with Crippen molar-refractivity contribution in [1.29, 1.82) is 0 Å². The minimum Gasteiger partial charge on any atom is -0.478 e. The lowest BCUT2D eigenvalue weighted by molar-refractivity contribution is 0.0698. The van der Waals surface area contributed by atoms with E-state index in [1.807, 2.05) is 6.07 Å². The summed E-state index contributed by atoms with van der Waals surface area (Å²) in [6, 6.07) is 6.73. The lowest BCUT2D eigenvalue weighted by Gasteiger charge is -2.15. The molecule has 1 N–H and O–H groups in total. The van der Waals surface area contributed by atoms with Crippen LogP contribution >= 0.6 is 46.4 Å². The van der Waals surface area contributed by atoms with E-state index in [4.69, 9.17) is 51.4 Å². The molecule has 1 aromatic heterocycles. The fourth-order valence-corrected chi connectivity index (χ4v) is 4.40. The van der Waals surface area contributed by atoms with Crippen LogP contribution < -0.4 is 0 Å². The van der Waals surface area contributed by atoms with Gasteiger partial charge in [-0.15, -0.1) is 0 Å². The molecule has 1 heterocycles. The van der Waals surface area contributed by atoms with Crippen molar-refractivity contribution in [2.75, 3.05) is 0 Å². The van der Waals surface area contributed by atoms with E-state index in [2.05, 4.69) is 0 Å². The SMILES string of the molecule is O=C(O)c1c2c(nc3c(Cl)cc(Cl)cc13)-c1cc(Cl)c(Cl)cc1CCC2. The summed E-state index contributed by atoms with van der Waals surface area (Å²) in [4.78, 5) is 16.8. The Kier molecular flexibility index (Phi) is 4.52. The average molecular weight is 427 g/mol. The van der Waals surface area contributed by atoms with E-state index >= 15 is 0 Å². The maximum atomic E-state index is 12.1. The molecule has 4 rings (SSSR count). The summed E-state index contributed by atoms with van der Waals surface area (Å²) in [5.74, 6) is -1.03. The molecule has 1 aliphatic rings. The second-order valence-corrected chi connectivity index (χ2v) is 7.84. The highest BCUT2D eigenvalue weighted by Crippen LogP contribution is 2.41. The topological polar surface area (TPSA) is 50.2 Å². The van der Waals surface area contributed by atoms with Gasteiger partial charge in [0.05, 0.1) is 31.8 Å². The van der Waals surface area contributed by atoms with Crippen LogP contribution in [0.2, 0.25) is 20.1 Å². The zero-order valence-electron chi connectivity index (χ0n) is 13.2. The van der Waals surface area contributed by atoms with Crippen molar-refractivity contribution >= 4 is 63.3 Å². The Labute approximate surface area is 169 Å². The number of pyridine rings is 1. The molecule has 0 atom stereocenters. The summed E-state index contributed by atoms with van der Waals surface area (Å²) in [5.41, 5.74) is 3.64. The molecule has 0 radical (unpaired) electrons. The monoisotopic (exact) mass is 425 g/mol. The number of hydrogen-bond donors (Lipinski definition) is 1. The van der Waals surface area contributed by atoms with Gasteiger partial charge in [0.15, 0.2) is 0 Å². The molecule has 7 heteroatoms. The van der Waals surface area contributed by atoms with Crippen LogP contribution in [-0.2, 0) is 12.8 Å². The number of halogens is 4. The van der Waals surface area contributed by atoms with Crippen LogP contribution in [0.4, 0.5) is 0 Å². The number of carbonyl (C=O) groups is 1. The maximum absolute atomic E-state index is 12.1. The van der Waals surface area contributed by atoms with Crippen LogP contribution in [-0.4, -0.2) is 16.1 Å². The van der Waals surface area contributed by atoms with Crippen LogP contribution in [0.15, 0.2) is 24.3 Å². The van der Waals surface area contributed by atoms with Crippen molar-refractivity contribution in [2.24, 2.45) is 0 Å². The average Bonchev–Trinajstić information content (AvgIpc) is 2.72. The minimum absolute atomic E-state index is 0.188. The largest absolute Gasteiger partial charge is 0.478 e. The molecule has 0 amide bonds. The molecule has 0 spiro atoms. The number of rotatable bonds is 1. The zero-order valence-corrected chi connectivity index (χ0v) is 16.3. The first-order valence-electron chi connectivity index (χ1n) is 7.90. The van der Waals surface area contributed by atoms with Crippen molar-refractivity contribution < 1.29 is 9.90 Å². The Hall–Kier alpha value is -1.52. The summed E-state index contributed by atoms with van der Waals surface area (Å²) < 4.78 is 0. The first-order valence-corrected chi connectivity index (χ1v) is 9.41. The number of nitrogens with zero attached hydrogens (tertiary/aromatic N) is 1. The van der Waals surface area contributed by atoms with E-state index in [0.717, 1.165) is 24.0 Å². The van der Waals surface area contributed by atoms with Gasteiger partial charge in [-0.1, -0.05) is 46.4 Å². The molecule has 3 nitrogen and oxygen atoms in total. The van der Waals surface area contributed by atoms with E-state index in [1.165, 1.54) is 0 Å². The molecule has 1 aliphatic carbocycles. The van der Waals surface area contributed by atoms with Gasteiger partial charge in [0.25, 0.3) is 0 Å². The van der Waals surface area contributed by atoms with Crippen molar-refractivity contribution in [3.63, 3.8) is 0 Å². The Bertz CT molecular complexity index is 1100. The molecule has 2 aromatic carbocycles. The van der Waals surface area contributed by atoms with E-state index < -0.39 is 5.97 Å². The number of fused-ring (bicyclic) bond motifs is 4. The summed E-state index contributed by atoms with van der Waals surface area (Å²) in [6.07, 6.45) is 2.11. The van der Waals surface area contributed by atoms with Gasteiger partial charge in [0.1, 0.15) is 0 Å². The summed E-state index contributed by atoms with van der Waals surface area (Å²) in [7, 11) is 0. The summed E-state index contributed by atoms with van der Waals surface area (Å²) >= 11 is 24.8. The summed E-state index contributed by atoms with van der Waals surface area (Å²) in [6.45, 7) is 0. The minimum atomic E-state index is -1.03. The van der Waals surface area contributed by atoms with Crippen LogP contribution in [0.25, 0.3) is 22.2 Å². The van der Waals surface area contributed by atoms with Crippen molar-refractivity contribution in [3.8, 4) is 11.3 Å². The van der Waals surface area contributed by atoms with Crippen LogP contribution in [0, 0.1) is 0 Å². The molecule has 0 saturated carbocycles. The fraction of sp³-hybridized carbons (Fsp3) is 0.158. The highest BCUT2D eigenvalue weighted by Gasteiger charge is 2.26. The van der Waals surface area contributed by atoms with Crippen LogP contribution in [0.5, 0.6) is 0 Å². The highest BCUT2D eigenvalue weighted by atomic mass is 35.5. The molecule has 0 aliphatic heterocycles. The second kappa shape index (κ2) is 6.58. The third kappa shape index (κ3) is 2.84. The van der Waals surface area contributed by atoms with Gasteiger partial charge in [-0.2, -0.15) is 0 Å². The van der Waals surface area contributed by atoms with Crippen molar-refractivity contribution in [2.45, 2.75) is 19.3 Å². The molecule has 132 valence electrons. The first-order chi connectivity index (χ1) is 12.4. The van der Waals surface area contributed by atoms with E-state index in [-0.39, 0.29) is 5.56 Å². The fourth-order valence-electron chi connectivity index (χ4n) is 3.51. The van der Waals surface area contributed by atoms with Crippen LogP contribution in [0.1, 0.15) is 27.9 Å². The first kappa shape index (κ1) is 17.9. The number of aryl methyl sites for hydroxylation is 1. The number of benzene rings is 2. The third-order valence-corrected chi connectivity index (χ3v) is 5.83. The van der Waals surface area contributed by atoms with E-state index in [1.54, 1.807) is 18.2 Å². The van der Waals surface area contributed by atoms with Crippen LogP contribution in [0.3, 0.4) is 0 Å². The highest BCUT2D eigenvalue weighted by molar-refractivity contribution is 6.42. The normalized spacial score (nSPS) is 13.2.